The minimum Gasteiger partial charge on any atom is -0.481 e. The highest BCUT2D eigenvalue weighted by atomic mass is 32.2. The highest BCUT2D eigenvalue weighted by Crippen LogP contribution is 2.39. The topological polar surface area (TPSA) is 99.9 Å². The van der Waals surface area contributed by atoms with E-state index in [0.29, 0.717) is 39.3 Å². The van der Waals surface area contributed by atoms with Crippen molar-refractivity contribution in [2.75, 3.05) is 5.32 Å². The molecule has 2 fully saturated rings. The number of hydrogen-bond acceptors (Lipinski definition) is 6. The van der Waals surface area contributed by atoms with Gasteiger partial charge in [0, 0.05) is 30.3 Å². The summed E-state index contributed by atoms with van der Waals surface area (Å²) >= 11 is 6.65. The summed E-state index contributed by atoms with van der Waals surface area (Å²) in [5.41, 5.74) is 1.54. The zero-order chi connectivity index (χ0) is 22.8. The molecule has 2 aromatic rings. The number of carboxylic acid groups (broad SMARTS) is 1. The van der Waals surface area contributed by atoms with Crippen LogP contribution in [0.2, 0.25) is 0 Å². The van der Waals surface area contributed by atoms with Crippen LogP contribution in [0.25, 0.3) is 17.4 Å². The largest absolute Gasteiger partial charge is 0.481 e. The number of thioether (sulfide) groups is 1. The number of aliphatic carboxylic acids is 1. The lowest BCUT2D eigenvalue weighted by Gasteiger charge is -2.32. The first-order chi connectivity index (χ1) is 15.3. The Morgan fingerprint density at radius 1 is 1.22 bits per heavy atom. The number of hydrogen-bond donors (Lipinski definition) is 2. The summed E-state index contributed by atoms with van der Waals surface area (Å²) in [6, 6.07) is 10.7. The molecule has 0 spiro atoms. The van der Waals surface area contributed by atoms with E-state index < -0.39 is 11.9 Å². The molecule has 9 heteroatoms. The van der Waals surface area contributed by atoms with Crippen LogP contribution in [0.1, 0.15) is 38.4 Å². The van der Waals surface area contributed by atoms with Gasteiger partial charge in [-0.1, -0.05) is 30.4 Å². The minimum atomic E-state index is -0.816. The molecule has 7 nitrogen and oxygen atoms in total. The van der Waals surface area contributed by atoms with Crippen molar-refractivity contribution in [1.82, 2.24) is 4.90 Å². The Morgan fingerprint density at radius 2 is 1.97 bits per heavy atom. The molecular weight excluding hydrogens is 448 g/mol. The van der Waals surface area contributed by atoms with Crippen LogP contribution in [0.4, 0.5) is 5.69 Å². The maximum absolute atomic E-state index is 13.0. The average Bonchev–Trinajstić information content (AvgIpc) is 3.32. The zero-order valence-corrected chi connectivity index (χ0v) is 19.0. The highest BCUT2D eigenvalue weighted by molar-refractivity contribution is 8.26. The van der Waals surface area contributed by atoms with Gasteiger partial charge in [0.25, 0.3) is 5.91 Å². The zero-order valence-electron chi connectivity index (χ0n) is 17.4. The van der Waals surface area contributed by atoms with Crippen LogP contribution < -0.4 is 5.32 Å². The van der Waals surface area contributed by atoms with Crippen LogP contribution in [0.5, 0.6) is 0 Å². The number of nitrogens with one attached hydrogen (secondary N) is 1. The van der Waals surface area contributed by atoms with Crippen LogP contribution >= 0.6 is 24.0 Å². The van der Waals surface area contributed by atoms with E-state index in [1.54, 1.807) is 29.2 Å². The second kappa shape index (κ2) is 9.30. The number of furan rings is 1. The summed E-state index contributed by atoms with van der Waals surface area (Å²) in [5.74, 6) is -0.428. The number of amides is 2. The Kier molecular flexibility index (Phi) is 6.48. The Labute approximate surface area is 194 Å². The van der Waals surface area contributed by atoms with E-state index in [9.17, 15) is 19.5 Å². The second-order valence-corrected chi connectivity index (χ2v) is 9.54. The van der Waals surface area contributed by atoms with Gasteiger partial charge in [-0.2, -0.15) is 0 Å². The molecule has 1 aliphatic carbocycles. The maximum atomic E-state index is 13.0. The van der Waals surface area contributed by atoms with E-state index in [1.165, 1.54) is 18.7 Å². The van der Waals surface area contributed by atoms with Crippen molar-refractivity contribution in [2.24, 2.45) is 5.92 Å². The lowest BCUT2D eigenvalue weighted by molar-refractivity contribution is -0.144. The first-order valence-electron chi connectivity index (χ1n) is 10.3. The lowest BCUT2D eigenvalue weighted by Crippen LogP contribution is -2.42. The second-order valence-electron chi connectivity index (χ2n) is 7.87. The normalized spacial score (nSPS) is 22.4. The fourth-order valence-corrected chi connectivity index (χ4v) is 5.43. The van der Waals surface area contributed by atoms with Gasteiger partial charge in [0.15, 0.2) is 0 Å². The van der Waals surface area contributed by atoms with Crippen LogP contribution in [0, 0.1) is 5.92 Å². The minimum absolute atomic E-state index is 0.137. The predicted octanol–water partition coefficient (Wildman–Crippen LogP) is 4.75. The van der Waals surface area contributed by atoms with Gasteiger partial charge in [-0.3, -0.25) is 19.3 Å². The molecule has 32 heavy (non-hydrogen) atoms. The quantitative estimate of drug-likeness (QED) is 0.480. The highest BCUT2D eigenvalue weighted by Gasteiger charge is 2.40. The van der Waals surface area contributed by atoms with Crippen LogP contribution in [-0.2, 0) is 14.4 Å². The summed E-state index contributed by atoms with van der Waals surface area (Å²) in [6.45, 7) is 1.45. The summed E-state index contributed by atoms with van der Waals surface area (Å²) in [4.78, 5) is 37.6. The fourth-order valence-electron chi connectivity index (χ4n) is 4.05. The molecule has 2 unspecified atom stereocenters. The molecule has 166 valence electrons. The van der Waals surface area contributed by atoms with Crippen molar-refractivity contribution in [3.05, 3.63) is 47.1 Å². The van der Waals surface area contributed by atoms with Crippen molar-refractivity contribution in [2.45, 2.75) is 38.6 Å². The number of carbonyl (C=O) groups is 3. The van der Waals surface area contributed by atoms with Gasteiger partial charge >= 0.3 is 5.97 Å². The molecule has 1 aromatic carbocycles. The molecular formula is C23H22N2O5S2. The molecule has 2 atom stereocenters. The van der Waals surface area contributed by atoms with Gasteiger partial charge in [0.1, 0.15) is 15.8 Å². The van der Waals surface area contributed by atoms with Crippen molar-refractivity contribution in [1.29, 1.82) is 0 Å². The Bertz CT molecular complexity index is 1110. The average molecular weight is 471 g/mol. The third kappa shape index (κ3) is 4.78. The molecule has 1 aliphatic heterocycles. The number of nitrogens with zero attached hydrogens (tertiary/aromatic N) is 1. The smallest absolute Gasteiger partial charge is 0.306 e. The SMILES string of the molecule is CC(=O)Nc1ccc(-c2ccc(/C=C3/SC(=S)N(C4CCCC(C(=O)O)C4)C3=O)o2)cc1. The van der Waals surface area contributed by atoms with Crippen molar-refractivity contribution < 1.29 is 23.9 Å². The molecule has 0 radical (unpaired) electrons. The maximum Gasteiger partial charge on any atom is 0.306 e. The van der Waals surface area contributed by atoms with E-state index >= 15 is 0 Å². The molecule has 1 aromatic heterocycles. The van der Waals surface area contributed by atoms with E-state index in [-0.39, 0.29) is 17.9 Å². The lowest BCUT2D eigenvalue weighted by atomic mass is 9.85. The third-order valence-electron chi connectivity index (χ3n) is 5.57. The van der Waals surface area contributed by atoms with Gasteiger partial charge < -0.3 is 14.8 Å². The van der Waals surface area contributed by atoms with Gasteiger partial charge in [-0.05, 0) is 55.7 Å². The molecule has 2 N–H and O–H groups in total. The molecule has 2 amide bonds. The number of thiocarbonyl (C=S) groups is 1. The third-order valence-corrected chi connectivity index (χ3v) is 6.90. The first kappa shape index (κ1) is 22.3. The van der Waals surface area contributed by atoms with Gasteiger partial charge in [0.05, 0.1) is 10.8 Å². The van der Waals surface area contributed by atoms with E-state index in [2.05, 4.69) is 5.32 Å². The van der Waals surface area contributed by atoms with Gasteiger partial charge in [-0.25, -0.2) is 0 Å². The number of carboxylic acids is 1. The monoisotopic (exact) mass is 470 g/mol. The molecule has 4 rings (SSSR count). The molecule has 1 saturated heterocycles. The molecule has 2 aliphatic rings. The predicted molar refractivity (Wildman–Crippen MR) is 127 cm³/mol. The van der Waals surface area contributed by atoms with Crippen LogP contribution in [0.15, 0.2) is 45.7 Å². The summed E-state index contributed by atoms with van der Waals surface area (Å²) < 4.78 is 6.35. The first-order valence-corrected chi connectivity index (χ1v) is 11.5. The van der Waals surface area contributed by atoms with Crippen LogP contribution in [-0.4, -0.2) is 38.2 Å². The molecule has 1 saturated carbocycles. The van der Waals surface area contributed by atoms with Gasteiger partial charge in [-0.15, -0.1) is 0 Å². The van der Waals surface area contributed by atoms with Gasteiger partial charge in [0.2, 0.25) is 5.91 Å². The summed E-state index contributed by atoms with van der Waals surface area (Å²) in [5, 5.41) is 12.1. The van der Waals surface area contributed by atoms with Crippen molar-refractivity contribution in [3.8, 4) is 11.3 Å². The Morgan fingerprint density at radius 3 is 2.66 bits per heavy atom. The van der Waals surface area contributed by atoms with E-state index in [1.807, 2.05) is 18.2 Å². The summed E-state index contributed by atoms with van der Waals surface area (Å²) in [6.07, 6.45) is 4.25. The Hall–Kier alpha value is -2.91. The van der Waals surface area contributed by atoms with Crippen molar-refractivity contribution >= 4 is 57.8 Å². The van der Waals surface area contributed by atoms with Crippen molar-refractivity contribution in [3.63, 3.8) is 0 Å². The van der Waals surface area contributed by atoms with E-state index in [0.717, 1.165) is 18.4 Å². The fraction of sp³-hybridized carbons (Fsp3) is 0.304. The summed E-state index contributed by atoms with van der Waals surface area (Å²) in [7, 11) is 0. The standard InChI is InChI=1S/C23H22N2O5S2/c1-13(26)24-16-7-5-14(6-8-16)19-10-9-18(30-19)12-20-21(27)25(23(31)32-20)17-4-2-3-15(11-17)22(28)29/h5-10,12,15,17H,2-4,11H2,1H3,(H,24,26)(H,28,29)/b20-12+. The molecule has 2 heterocycles. The number of anilines is 1. The number of carbonyl (C=O) groups excluding carboxylic acids is 2. The number of benzene rings is 1. The van der Waals surface area contributed by atoms with E-state index in [4.69, 9.17) is 16.6 Å². The van der Waals surface area contributed by atoms with Crippen LogP contribution in [0.3, 0.4) is 0 Å². The Balaban J connectivity index is 1.48. The number of rotatable bonds is 5. The molecule has 0 bridgehead atoms.